The minimum Gasteiger partial charge on any atom is -0.382 e. The number of nitrogens with zero attached hydrogens (tertiary/aromatic N) is 2. The van der Waals surface area contributed by atoms with E-state index in [9.17, 15) is 22.0 Å². The van der Waals surface area contributed by atoms with Gasteiger partial charge in [0.15, 0.2) is 5.13 Å². The molecule has 0 amide bonds. The molecule has 0 unspecified atom stereocenters. The summed E-state index contributed by atoms with van der Waals surface area (Å²) in [7, 11) is -3.21. The Morgan fingerprint density at radius 1 is 1.32 bits per heavy atom. The van der Waals surface area contributed by atoms with Gasteiger partial charge in [-0.05, 0) is 31.9 Å². The Labute approximate surface area is 165 Å². The molecular formula is C17H20F2N4O3S2. The minimum absolute atomic E-state index is 0.0398. The highest BCUT2D eigenvalue weighted by atomic mass is 32.2. The Balaban J connectivity index is 1.71. The highest BCUT2D eigenvalue weighted by molar-refractivity contribution is 7.89. The number of ketones is 1. The van der Waals surface area contributed by atoms with E-state index < -0.39 is 33.0 Å². The van der Waals surface area contributed by atoms with Crippen LogP contribution in [0.15, 0.2) is 18.2 Å². The molecule has 0 spiro atoms. The number of nitrogens with one attached hydrogen (secondary N) is 1. The maximum atomic E-state index is 13.9. The SMILES string of the molecule is CCS(=O)(=O)N1CCC(Nc2nc(N)c(C(=O)c3c(F)cccc3F)s2)CC1. The van der Waals surface area contributed by atoms with E-state index in [1.165, 1.54) is 10.4 Å². The van der Waals surface area contributed by atoms with Gasteiger partial charge in [0.25, 0.3) is 0 Å². The molecule has 0 radical (unpaired) electrons. The second-order valence-corrected chi connectivity index (χ2v) is 9.63. The summed E-state index contributed by atoms with van der Waals surface area (Å²) in [6.07, 6.45) is 1.15. The molecule has 11 heteroatoms. The number of rotatable bonds is 6. The van der Waals surface area contributed by atoms with Crippen LogP contribution in [0.25, 0.3) is 0 Å². The summed E-state index contributed by atoms with van der Waals surface area (Å²) in [6, 6.07) is 3.15. The molecule has 0 aliphatic carbocycles. The van der Waals surface area contributed by atoms with E-state index in [-0.39, 0.29) is 22.5 Å². The van der Waals surface area contributed by atoms with Crippen LogP contribution in [-0.2, 0) is 10.0 Å². The molecule has 28 heavy (non-hydrogen) atoms. The van der Waals surface area contributed by atoms with E-state index in [4.69, 9.17) is 5.73 Å². The maximum Gasteiger partial charge on any atom is 0.213 e. The first-order valence-electron chi connectivity index (χ1n) is 8.72. The van der Waals surface area contributed by atoms with Gasteiger partial charge in [-0.3, -0.25) is 4.79 Å². The number of carbonyl (C=O) groups excluding carboxylic acids is 1. The predicted molar refractivity (Wildman–Crippen MR) is 104 cm³/mol. The summed E-state index contributed by atoms with van der Waals surface area (Å²) in [6.45, 7) is 2.39. The molecule has 1 aliphatic rings. The van der Waals surface area contributed by atoms with Gasteiger partial charge in [0.2, 0.25) is 15.8 Å². The third kappa shape index (κ3) is 4.15. The molecule has 0 atom stereocenters. The molecule has 1 aromatic carbocycles. The van der Waals surface area contributed by atoms with Crippen LogP contribution >= 0.6 is 11.3 Å². The summed E-state index contributed by atoms with van der Waals surface area (Å²) in [4.78, 5) is 16.5. The zero-order chi connectivity index (χ0) is 20.5. The molecule has 3 rings (SSSR count). The van der Waals surface area contributed by atoms with E-state index in [2.05, 4.69) is 10.3 Å². The number of sulfonamides is 1. The number of thiazole rings is 1. The number of carbonyl (C=O) groups is 1. The first-order valence-corrected chi connectivity index (χ1v) is 11.1. The van der Waals surface area contributed by atoms with Crippen molar-refractivity contribution in [2.75, 3.05) is 29.9 Å². The first-order chi connectivity index (χ1) is 13.2. The highest BCUT2D eigenvalue weighted by Gasteiger charge is 2.28. The molecule has 152 valence electrons. The largest absolute Gasteiger partial charge is 0.382 e. The molecule has 2 heterocycles. The molecule has 0 saturated carbocycles. The second-order valence-electron chi connectivity index (χ2n) is 6.38. The third-order valence-corrected chi connectivity index (χ3v) is 7.47. The van der Waals surface area contributed by atoms with Crippen LogP contribution in [0.3, 0.4) is 0 Å². The lowest BCUT2D eigenvalue weighted by molar-refractivity contribution is 0.103. The number of nitrogens with two attached hydrogens (primary N) is 1. The van der Waals surface area contributed by atoms with Crippen molar-refractivity contribution in [2.45, 2.75) is 25.8 Å². The third-order valence-electron chi connectivity index (χ3n) is 4.59. The minimum atomic E-state index is -3.21. The monoisotopic (exact) mass is 430 g/mol. The second kappa shape index (κ2) is 8.10. The molecule has 1 aliphatic heterocycles. The number of piperidine rings is 1. The van der Waals surface area contributed by atoms with Crippen LogP contribution < -0.4 is 11.1 Å². The Morgan fingerprint density at radius 2 is 1.93 bits per heavy atom. The van der Waals surface area contributed by atoms with Gasteiger partial charge in [-0.25, -0.2) is 26.5 Å². The molecular weight excluding hydrogens is 410 g/mol. The summed E-state index contributed by atoms with van der Waals surface area (Å²) in [5.74, 6) is -2.83. The maximum absolute atomic E-state index is 13.9. The van der Waals surface area contributed by atoms with E-state index in [1.54, 1.807) is 6.92 Å². The zero-order valence-corrected chi connectivity index (χ0v) is 16.7. The first kappa shape index (κ1) is 20.6. The Morgan fingerprint density at radius 3 is 2.50 bits per heavy atom. The number of anilines is 2. The summed E-state index contributed by atoms with van der Waals surface area (Å²) < 4.78 is 53.0. The van der Waals surface area contributed by atoms with E-state index in [0.29, 0.717) is 31.1 Å². The lowest BCUT2D eigenvalue weighted by Crippen LogP contribution is -2.42. The van der Waals surface area contributed by atoms with Gasteiger partial charge in [0.05, 0.1) is 11.3 Å². The average Bonchev–Trinajstić information content (AvgIpc) is 3.02. The highest BCUT2D eigenvalue weighted by Crippen LogP contribution is 2.30. The van der Waals surface area contributed by atoms with E-state index >= 15 is 0 Å². The number of benzene rings is 1. The molecule has 1 fully saturated rings. The number of nitrogen functional groups attached to an aromatic ring is 1. The van der Waals surface area contributed by atoms with Crippen molar-refractivity contribution in [1.29, 1.82) is 0 Å². The predicted octanol–water partition coefficient (Wildman–Crippen LogP) is 2.46. The fraction of sp³-hybridized carbons (Fsp3) is 0.412. The molecule has 0 bridgehead atoms. The lowest BCUT2D eigenvalue weighted by atomic mass is 10.1. The topological polar surface area (TPSA) is 105 Å². The summed E-state index contributed by atoms with van der Waals surface area (Å²) in [5, 5.41) is 3.49. The molecule has 3 N–H and O–H groups in total. The molecule has 7 nitrogen and oxygen atoms in total. The van der Waals surface area contributed by atoms with Crippen LogP contribution in [0.2, 0.25) is 0 Å². The molecule has 1 saturated heterocycles. The number of halogens is 2. The Kier molecular flexibility index (Phi) is 5.96. The van der Waals surface area contributed by atoms with Crippen molar-refractivity contribution in [3.63, 3.8) is 0 Å². The van der Waals surface area contributed by atoms with E-state index in [1.807, 2.05) is 0 Å². The fourth-order valence-electron chi connectivity index (χ4n) is 3.02. The standard InChI is InChI=1S/C17H20F2N4O3S2/c1-2-28(25,26)23-8-6-10(7-9-23)21-17-22-16(20)15(27-17)14(24)13-11(18)4-3-5-12(13)19/h3-5,10H,2,6-9,20H2,1H3,(H,21,22). The number of hydrogen-bond acceptors (Lipinski definition) is 7. The summed E-state index contributed by atoms with van der Waals surface area (Å²) >= 11 is 0.922. The van der Waals surface area contributed by atoms with Crippen molar-refractivity contribution < 1.29 is 22.0 Å². The van der Waals surface area contributed by atoms with Gasteiger partial charge in [-0.15, -0.1) is 0 Å². The van der Waals surface area contributed by atoms with Crippen molar-refractivity contribution in [2.24, 2.45) is 0 Å². The van der Waals surface area contributed by atoms with Crippen LogP contribution in [0.4, 0.5) is 19.7 Å². The number of hydrogen-bond donors (Lipinski definition) is 2. The van der Waals surface area contributed by atoms with Crippen LogP contribution in [0, 0.1) is 11.6 Å². The van der Waals surface area contributed by atoms with Gasteiger partial charge in [-0.2, -0.15) is 0 Å². The van der Waals surface area contributed by atoms with Gasteiger partial charge in [0, 0.05) is 19.1 Å². The van der Waals surface area contributed by atoms with Gasteiger partial charge in [0.1, 0.15) is 22.3 Å². The van der Waals surface area contributed by atoms with Crippen molar-refractivity contribution in [3.8, 4) is 0 Å². The van der Waals surface area contributed by atoms with Gasteiger partial charge >= 0.3 is 0 Å². The quantitative estimate of drug-likeness (QED) is 0.682. The number of aromatic nitrogens is 1. The van der Waals surface area contributed by atoms with Crippen molar-refractivity contribution in [1.82, 2.24) is 9.29 Å². The Hall–Kier alpha value is -2.11. The van der Waals surface area contributed by atoms with Crippen LogP contribution in [0.1, 0.15) is 35.0 Å². The van der Waals surface area contributed by atoms with E-state index in [0.717, 1.165) is 23.5 Å². The normalized spacial score (nSPS) is 16.2. The van der Waals surface area contributed by atoms with Crippen LogP contribution in [0.5, 0.6) is 0 Å². The van der Waals surface area contributed by atoms with Gasteiger partial charge < -0.3 is 11.1 Å². The van der Waals surface area contributed by atoms with Crippen molar-refractivity contribution in [3.05, 3.63) is 40.3 Å². The van der Waals surface area contributed by atoms with Crippen molar-refractivity contribution >= 4 is 38.1 Å². The summed E-state index contributed by atoms with van der Waals surface area (Å²) in [5.41, 5.74) is 5.12. The fourth-order valence-corrected chi connectivity index (χ4v) is 5.06. The lowest BCUT2D eigenvalue weighted by Gasteiger charge is -2.31. The average molecular weight is 431 g/mol. The molecule has 1 aromatic heterocycles. The van der Waals surface area contributed by atoms with Gasteiger partial charge in [-0.1, -0.05) is 17.4 Å². The Bertz CT molecular complexity index is 966. The smallest absolute Gasteiger partial charge is 0.213 e. The van der Waals surface area contributed by atoms with Crippen LogP contribution in [-0.4, -0.2) is 48.4 Å². The zero-order valence-electron chi connectivity index (χ0n) is 15.1. The molecule has 2 aromatic rings.